The summed E-state index contributed by atoms with van der Waals surface area (Å²) in [5.41, 5.74) is 0. The zero-order valence-electron chi connectivity index (χ0n) is 7.01. The van der Waals surface area contributed by atoms with Gasteiger partial charge in [-0.1, -0.05) is 38.8 Å². The van der Waals surface area contributed by atoms with Crippen molar-refractivity contribution in [3.05, 3.63) is 12.2 Å². The average Bonchev–Trinajstić information content (AvgIpc) is 1.89. The quantitative estimate of drug-likeness (QED) is 0.585. The molecule has 0 aliphatic carbocycles. The zero-order valence-corrected chi connectivity index (χ0v) is 7.01. The van der Waals surface area contributed by atoms with Crippen LogP contribution >= 0.6 is 0 Å². The van der Waals surface area contributed by atoms with Gasteiger partial charge in [0.1, 0.15) is 0 Å². The third kappa shape index (κ3) is 5.83. The van der Waals surface area contributed by atoms with Gasteiger partial charge in [-0.15, -0.1) is 0 Å². The van der Waals surface area contributed by atoms with Gasteiger partial charge in [0, 0.05) is 0 Å². The third-order valence-electron chi connectivity index (χ3n) is 1.40. The molecule has 1 N–H and O–H groups in total. The van der Waals surface area contributed by atoms with Gasteiger partial charge >= 0.3 is 0 Å². The maximum absolute atomic E-state index is 9.19. The lowest BCUT2D eigenvalue weighted by Gasteiger charge is -2.00. The van der Waals surface area contributed by atoms with E-state index in [1.165, 1.54) is 0 Å². The fourth-order valence-corrected chi connectivity index (χ4v) is 0.812. The van der Waals surface area contributed by atoms with Crippen LogP contribution in [0.15, 0.2) is 12.2 Å². The molecule has 0 aromatic carbocycles. The maximum atomic E-state index is 9.19. The van der Waals surface area contributed by atoms with E-state index >= 15 is 0 Å². The Hall–Kier alpha value is -0.300. The molecule has 0 rings (SSSR count). The molecule has 1 heteroatoms. The first kappa shape index (κ1) is 9.70. The van der Waals surface area contributed by atoms with Crippen molar-refractivity contribution in [3.8, 4) is 0 Å². The number of aliphatic hydroxyl groups excluding tert-OH is 1. The van der Waals surface area contributed by atoms with Gasteiger partial charge in [-0.3, -0.25) is 0 Å². The monoisotopic (exact) mass is 142 g/mol. The number of unbranched alkanes of at least 4 members (excludes halogenated alkanes) is 1. The second kappa shape index (κ2) is 6.81. The van der Waals surface area contributed by atoms with Crippen molar-refractivity contribution in [1.82, 2.24) is 0 Å². The average molecular weight is 142 g/mol. The van der Waals surface area contributed by atoms with Crippen LogP contribution in [0.3, 0.4) is 0 Å². The van der Waals surface area contributed by atoms with Crippen LogP contribution in [-0.4, -0.2) is 11.2 Å². The Kier molecular flexibility index (Phi) is 6.61. The van der Waals surface area contributed by atoms with Gasteiger partial charge in [-0.2, -0.15) is 0 Å². The van der Waals surface area contributed by atoms with Gasteiger partial charge in [0.2, 0.25) is 0 Å². The fraction of sp³-hybridized carbons (Fsp3) is 0.778. The summed E-state index contributed by atoms with van der Waals surface area (Å²) in [4.78, 5) is 0. The number of hydrogen-bond donors (Lipinski definition) is 1. The molecule has 0 saturated carbocycles. The summed E-state index contributed by atoms with van der Waals surface area (Å²) in [5, 5.41) is 9.19. The lowest BCUT2D eigenvalue weighted by molar-refractivity contribution is 0.211. The van der Waals surface area contributed by atoms with Crippen LogP contribution in [0, 0.1) is 0 Å². The van der Waals surface area contributed by atoms with Crippen LogP contribution in [-0.2, 0) is 0 Å². The van der Waals surface area contributed by atoms with E-state index in [-0.39, 0.29) is 6.10 Å². The maximum Gasteiger partial charge on any atom is 0.0720 e. The topological polar surface area (TPSA) is 20.2 Å². The Morgan fingerprint density at radius 1 is 1.30 bits per heavy atom. The molecule has 0 aliphatic heterocycles. The first-order valence-electron chi connectivity index (χ1n) is 4.16. The molecule has 60 valence electrons. The van der Waals surface area contributed by atoms with Crippen molar-refractivity contribution in [2.24, 2.45) is 0 Å². The third-order valence-corrected chi connectivity index (χ3v) is 1.40. The van der Waals surface area contributed by atoms with Crippen LogP contribution < -0.4 is 0 Å². The minimum atomic E-state index is -0.212. The number of rotatable bonds is 5. The summed E-state index contributed by atoms with van der Waals surface area (Å²) in [6.45, 7) is 4.22. The molecule has 0 unspecified atom stereocenters. The van der Waals surface area contributed by atoms with Crippen molar-refractivity contribution in [2.75, 3.05) is 0 Å². The van der Waals surface area contributed by atoms with Gasteiger partial charge < -0.3 is 5.11 Å². The van der Waals surface area contributed by atoms with Crippen LogP contribution in [0.1, 0.15) is 39.5 Å². The fourth-order valence-electron chi connectivity index (χ4n) is 0.812. The van der Waals surface area contributed by atoms with E-state index in [0.29, 0.717) is 0 Å². The molecule has 10 heavy (non-hydrogen) atoms. The van der Waals surface area contributed by atoms with E-state index < -0.39 is 0 Å². The minimum Gasteiger partial charge on any atom is -0.389 e. The van der Waals surface area contributed by atoms with Gasteiger partial charge in [0.05, 0.1) is 6.10 Å². The Morgan fingerprint density at radius 2 is 2.00 bits per heavy atom. The first-order chi connectivity index (χ1) is 4.81. The number of aliphatic hydroxyl groups is 1. The minimum absolute atomic E-state index is 0.212. The highest BCUT2D eigenvalue weighted by molar-refractivity contribution is 4.87. The lowest BCUT2D eigenvalue weighted by atomic mass is 10.2. The van der Waals surface area contributed by atoms with Gasteiger partial charge in [0.15, 0.2) is 0 Å². The summed E-state index contributed by atoms with van der Waals surface area (Å²) in [5.74, 6) is 0. The largest absolute Gasteiger partial charge is 0.389 e. The second-order valence-corrected chi connectivity index (χ2v) is 2.57. The van der Waals surface area contributed by atoms with E-state index in [2.05, 4.69) is 19.9 Å². The van der Waals surface area contributed by atoms with Crippen molar-refractivity contribution in [2.45, 2.75) is 45.6 Å². The highest BCUT2D eigenvalue weighted by Gasteiger charge is 1.93. The molecule has 0 saturated heterocycles. The molecular formula is C9H18O. The summed E-state index contributed by atoms with van der Waals surface area (Å²) < 4.78 is 0. The SMILES string of the molecule is CCC/C=C/[C@H](O)CCC. The second-order valence-electron chi connectivity index (χ2n) is 2.57. The Bertz CT molecular complexity index is 86.7. The molecule has 0 bridgehead atoms. The Morgan fingerprint density at radius 3 is 2.50 bits per heavy atom. The number of hydrogen-bond acceptors (Lipinski definition) is 1. The van der Waals surface area contributed by atoms with Gasteiger partial charge in [-0.25, -0.2) is 0 Å². The standard InChI is InChI=1S/C9H18O/c1-3-5-6-8-9(10)7-4-2/h6,8-10H,3-5,7H2,1-2H3/b8-6+/t9-/m1/s1. The smallest absolute Gasteiger partial charge is 0.0720 e. The molecule has 0 radical (unpaired) electrons. The Balaban J connectivity index is 3.26. The predicted octanol–water partition coefficient (Wildman–Crippen LogP) is 2.50. The molecule has 0 aromatic heterocycles. The van der Waals surface area contributed by atoms with Crippen molar-refractivity contribution in [1.29, 1.82) is 0 Å². The van der Waals surface area contributed by atoms with Crippen molar-refractivity contribution in [3.63, 3.8) is 0 Å². The summed E-state index contributed by atoms with van der Waals surface area (Å²) >= 11 is 0. The predicted molar refractivity (Wildman–Crippen MR) is 45.0 cm³/mol. The zero-order chi connectivity index (χ0) is 7.82. The molecule has 1 nitrogen and oxygen atoms in total. The molecule has 0 fully saturated rings. The summed E-state index contributed by atoms with van der Waals surface area (Å²) in [6, 6.07) is 0. The Labute approximate surface area is 63.8 Å². The molecule has 0 spiro atoms. The molecule has 0 aliphatic rings. The van der Waals surface area contributed by atoms with E-state index in [1.54, 1.807) is 0 Å². The van der Waals surface area contributed by atoms with E-state index in [1.807, 2.05) is 6.08 Å². The van der Waals surface area contributed by atoms with E-state index in [9.17, 15) is 5.11 Å². The normalized spacial score (nSPS) is 14.3. The molecule has 0 heterocycles. The van der Waals surface area contributed by atoms with E-state index in [4.69, 9.17) is 0 Å². The molecule has 0 amide bonds. The highest BCUT2D eigenvalue weighted by atomic mass is 16.3. The van der Waals surface area contributed by atoms with Gasteiger partial charge in [-0.05, 0) is 12.8 Å². The van der Waals surface area contributed by atoms with E-state index in [0.717, 1.165) is 25.7 Å². The van der Waals surface area contributed by atoms with Crippen molar-refractivity contribution >= 4 is 0 Å². The molecule has 1 atom stereocenters. The number of allylic oxidation sites excluding steroid dienone is 1. The van der Waals surface area contributed by atoms with Crippen LogP contribution in [0.2, 0.25) is 0 Å². The van der Waals surface area contributed by atoms with Gasteiger partial charge in [0.25, 0.3) is 0 Å². The van der Waals surface area contributed by atoms with Crippen LogP contribution in [0.4, 0.5) is 0 Å². The van der Waals surface area contributed by atoms with Crippen molar-refractivity contribution < 1.29 is 5.11 Å². The lowest BCUT2D eigenvalue weighted by Crippen LogP contribution is -1.99. The summed E-state index contributed by atoms with van der Waals surface area (Å²) in [7, 11) is 0. The van der Waals surface area contributed by atoms with Crippen LogP contribution in [0.5, 0.6) is 0 Å². The first-order valence-corrected chi connectivity index (χ1v) is 4.16. The van der Waals surface area contributed by atoms with Crippen LogP contribution in [0.25, 0.3) is 0 Å². The molecule has 0 aromatic rings. The molecular weight excluding hydrogens is 124 g/mol. The summed E-state index contributed by atoms with van der Waals surface area (Å²) in [6.07, 6.45) is 7.93. The highest BCUT2D eigenvalue weighted by Crippen LogP contribution is 1.98.